The lowest BCUT2D eigenvalue weighted by molar-refractivity contribution is 0.676. The smallest absolute Gasteiger partial charge is 0.0500 e. The summed E-state index contributed by atoms with van der Waals surface area (Å²) in [6, 6.07) is 5.74. The van der Waals surface area contributed by atoms with E-state index in [-0.39, 0.29) is 0 Å². The largest absolute Gasteiger partial charge is 0.326 e. The van der Waals surface area contributed by atoms with Crippen molar-refractivity contribution in [3.8, 4) is 0 Å². The minimum Gasteiger partial charge on any atom is -0.326 e. The molecule has 1 unspecified atom stereocenters. The maximum atomic E-state index is 11.8. The van der Waals surface area contributed by atoms with Crippen LogP contribution in [-0.2, 0) is 23.1 Å². The molecule has 0 bridgehead atoms. The first-order chi connectivity index (χ1) is 8.17. The van der Waals surface area contributed by atoms with Crippen molar-refractivity contribution in [3.05, 3.63) is 34.3 Å². The van der Waals surface area contributed by atoms with E-state index in [4.69, 9.17) is 17.3 Å². The third-order valence-corrected chi connectivity index (χ3v) is 4.37. The van der Waals surface area contributed by atoms with E-state index in [0.29, 0.717) is 17.3 Å². The number of halogens is 1. The van der Waals surface area contributed by atoms with E-state index in [2.05, 4.69) is 6.92 Å². The number of hydrogen-bond donors (Lipinski definition) is 1. The van der Waals surface area contributed by atoms with Gasteiger partial charge in [0.05, 0.1) is 0 Å². The van der Waals surface area contributed by atoms with Crippen molar-refractivity contribution >= 4 is 22.4 Å². The number of benzene rings is 1. The first-order valence-corrected chi connectivity index (χ1v) is 7.86. The maximum absolute atomic E-state index is 11.8. The van der Waals surface area contributed by atoms with Crippen molar-refractivity contribution < 1.29 is 4.21 Å². The van der Waals surface area contributed by atoms with Gasteiger partial charge in [-0.1, -0.05) is 43.5 Å². The zero-order chi connectivity index (χ0) is 12.7. The van der Waals surface area contributed by atoms with Gasteiger partial charge in [-0.05, 0) is 23.6 Å². The van der Waals surface area contributed by atoms with Gasteiger partial charge in [0.25, 0.3) is 0 Å². The second-order valence-corrected chi connectivity index (χ2v) is 6.11. The summed E-state index contributed by atoms with van der Waals surface area (Å²) in [4.78, 5) is 0. The molecule has 0 fully saturated rings. The molecule has 2 nitrogen and oxygen atoms in total. The highest BCUT2D eigenvalue weighted by Crippen LogP contribution is 2.19. The average molecular weight is 274 g/mol. The van der Waals surface area contributed by atoms with Crippen LogP contribution in [0.3, 0.4) is 0 Å². The van der Waals surface area contributed by atoms with E-state index in [1.165, 1.54) is 0 Å². The predicted molar refractivity (Wildman–Crippen MR) is 75.6 cm³/mol. The highest BCUT2D eigenvalue weighted by molar-refractivity contribution is 7.84. The van der Waals surface area contributed by atoms with Crippen LogP contribution in [0, 0.1) is 0 Å². The molecular weight excluding hydrogens is 254 g/mol. The normalized spacial score (nSPS) is 12.6. The fourth-order valence-corrected chi connectivity index (χ4v) is 3.21. The Morgan fingerprint density at radius 1 is 1.35 bits per heavy atom. The number of nitrogens with two attached hydrogens (primary N) is 1. The Morgan fingerprint density at radius 3 is 2.71 bits per heavy atom. The van der Waals surface area contributed by atoms with Crippen LogP contribution >= 0.6 is 11.6 Å². The van der Waals surface area contributed by atoms with Crippen LogP contribution in [0.2, 0.25) is 5.02 Å². The van der Waals surface area contributed by atoms with Gasteiger partial charge in [0, 0.05) is 33.9 Å². The molecule has 1 aromatic rings. The van der Waals surface area contributed by atoms with E-state index in [1.54, 1.807) is 0 Å². The van der Waals surface area contributed by atoms with Gasteiger partial charge in [-0.3, -0.25) is 4.21 Å². The molecule has 96 valence electrons. The molecule has 1 atom stereocenters. The third-order valence-electron chi connectivity index (χ3n) is 2.65. The van der Waals surface area contributed by atoms with Crippen molar-refractivity contribution in [3.63, 3.8) is 0 Å². The van der Waals surface area contributed by atoms with Gasteiger partial charge in [0.2, 0.25) is 0 Å². The third kappa shape index (κ3) is 5.19. The number of rotatable bonds is 7. The minimum atomic E-state index is -0.807. The van der Waals surface area contributed by atoms with Crippen molar-refractivity contribution in [2.75, 3.05) is 5.75 Å². The second-order valence-electron chi connectivity index (χ2n) is 4.13. The Hall–Kier alpha value is -0.380. The summed E-state index contributed by atoms with van der Waals surface area (Å²) in [5.74, 6) is 1.32. The second kappa shape index (κ2) is 7.85. The molecule has 0 heterocycles. The van der Waals surface area contributed by atoms with Gasteiger partial charge >= 0.3 is 0 Å². The number of unbranched alkanes of at least 4 members (excludes halogenated alkanes) is 2. The molecule has 0 aliphatic heterocycles. The summed E-state index contributed by atoms with van der Waals surface area (Å²) >= 11 is 6.12. The molecule has 4 heteroatoms. The van der Waals surface area contributed by atoms with E-state index in [9.17, 15) is 4.21 Å². The van der Waals surface area contributed by atoms with Crippen LogP contribution in [0.1, 0.15) is 37.3 Å². The first kappa shape index (κ1) is 14.7. The molecule has 0 radical (unpaired) electrons. The summed E-state index contributed by atoms with van der Waals surface area (Å²) in [6.07, 6.45) is 3.33. The van der Waals surface area contributed by atoms with E-state index in [1.807, 2.05) is 18.2 Å². The van der Waals surface area contributed by atoms with Gasteiger partial charge in [-0.2, -0.15) is 0 Å². The summed E-state index contributed by atoms with van der Waals surface area (Å²) in [6.45, 7) is 2.63. The van der Waals surface area contributed by atoms with Gasteiger partial charge in [0.15, 0.2) is 0 Å². The molecule has 0 aliphatic rings. The van der Waals surface area contributed by atoms with E-state index >= 15 is 0 Å². The summed E-state index contributed by atoms with van der Waals surface area (Å²) < 4.78 is 11.8. The van der Waals surface area contributed by atoms with E-state index in [0.717, 1.165) is 36.1 Å². The fourth-order valence-electron chi connectivity index (χ4n) is 1.59. The van der Waals surface area contributed by atoms with Crippen LogP contribution < -0.4 is 5.73 Å². The topological polar surface area (TPSA) is 43.1 Å². The predicted octanol–water partition coefficient (Wildman–Crippen LogP) is 3.24. The fraction of sp³-hybridized carbons (Fsp3) is 0.538. The molecule has 17 heavy (non-hydrogen) atoms. The molecule has 0 spiro atoms. The van der Waals surface area contributed by atoms with Crippen LogP contribution in [-0.4, -0.2) is 9.96 Å². The molecule has 0 aliphatic carbocycles. The quantitative estimate of drug-likeness (QED) is 0.775. The standard InChI is InChI=1S/C13H20ClNOS/c1-2-3-4-7-17(16)10-12-6-5-11(9-15)8-13(12)14/h5-6,8H,2-4,7,9-10,15H2,1H3. The maximum Gasteiger partial charge on any atom is 0.0500 e. The highest BCUT2D eigenvalue weighted by Gasteiger charge is 2.06. The van der Waals surface area contributed by atoms with Crippen LogP contribution in [0.25, 0.3) is 0 Å². The highest BCUT2D eigenvalue weighted by atomic mass is 35.5. The molecule has 0 saturated heterocycles. The zero-order valence-corrected chi connectivity index (χ0v) is 11.8. The van der Waals surface area contributed by atoms with Crippen molar-refractivity contribution in [1.82, 2.24) is 0 Å². The van der Waals surface area contributed by atoms with Gasteiger partial charge < -0.3 is 5.73 Å². The Labute approximate surface area is 111 Å². The van der Waals surface area contributed by atoms with Crippen molar-refractivity contribution in [2.45, 2.75) is 38.5 Å². The summed E-state index contributed by atoms with van der Waals surface area (Å²) in [5.41, 5.74) is 7.50. The van der Waals surface area contributed by atoms with E-state index < -0.39 is 10.8 Å². The zero-order valence-electron chi connectivity index (χ0n) is 10.2. The molecule has 1 rings (SSSR count). The molecular formula is C13H20ClNOS. The molecule has 0 aromatic heterocycles. The first-order valence-electron chi connectivity index (χ1n) is 5.99. The molecule has 0 saturated carbocycles. The molecule has 2 N–H and O–H groups in total. The Balaban J connectivity index is 2.53. The number of hydrogen-bond acceptors (Lipinski definition) is 2. The average Bonchev–Trinajstić information content (AvgIpc) is 2.32. The minimum absolute atomic E-state index is 0.486. The lowest BCUT2D eigenvalue weighted by Gasteiger charge is -2.06. The van der Waals surface area contributed by atoms with Crippen molar-refractivity contribution in [2.24, 2.45) is 5.73 Å². The summed E-state index contributed by atoms with van der Waals surface area (Å²) in [5, 5.41) is 0.678. The Bertz CT molecular complexity index is 382. The lowest BCUT2D eigenvalue weighted by Crippen LogP contribution is -2.03. The Morgan fingerprint density at radius 2 is 2.12 bits per heavy atom. The Kier molecular flexibility index (Phi) is 6.78. The molecule has 0 amide bonds. The van der Waals surface area contributed by atoms with Crippen molar-refractivity contribution in [1.29, 1.82) is 0 Å². The van der Waals surface area contributed by atoms with Crippen LogP contribution in [0.5, 0.6) is 0 Å². The monoisotopic (exact) mass is 273 g/mol. The van der Waals surface area contributed by atoms with Gasteiger partial charge in [-0.15, -0.1) is 0 Å². The SMILES string of the molecule is CCCCCS(=O)Cc1ccc(CN)cc1Cl. The lowest BCUT2D eigenvalue weighted by atomic mass is 10.1. The summed E-state index contributed by atoms with van der Waals surface area (Å²) in [7, 11) is -0.807. The van der Waals surface area contributed by atoms with Crippen LogP contribution in [0.4, 0.5) is 0 Å². The molecule has 1 aromatic carbocycles. The van der Waals surface area contributed by atoms with Gasteiger partial charge in [-0.25, -0.2) is 0 Å². The van der Waals surface area contributed by atoms with Crippen LogP contribution in [0.15, 0.2) is 18.2 Å². The van der Waals surface area contributed by atoms with Gasteiger partial charge in [0.1, 0.15) is 0 Å².